The highest BCUT2D eigenvalue weighted by Gasteiger charge is 2.40. The van der Waals surface area contributed by atoms with E-state index in [2.05, 4.69) is 13.8 Å². The van der Waals surface area contributed by atoms with Crippen LogP contribution in [0.5, 0.6) is 0 Å². The van der Waals surface area contributed by atoms with Gasteiger partial charge in [0.1, 0.15) is 6.10 Å². The minimum atomic E-state index is -0.830. The molecule has 1 amide bonds. The maximum Gasteiger partial charge on any atom is 0.311 e. The summed E-state index contributed by atoms with van der Waals surface area (Å²) in [5, 5.41) is 9.27. The number of hydrogen-bond acceptors (Lipinski definition) is 3. The first kappa shape index (κ1) is 17.0. The predicted molar refractivity (Wildman–Crippen MR) is 76.4 cm³/mol. The van der Waals surface area contributed by atoms with Crippen molar-refractivity contribution in [3.8, 4) is 0 Å². The summed E-state index contributed by atoms with van der Waals surface area (Å²) < 4.78 is 5.56. The highest BCUT2D eigenvalue weighted by Crippen LogP contribution is 2.30. The Labute approximate surface area is 121 Å². The van der Waals surface area contributed by atoms with Gasteiger partial charge in [0.2, 0.25) is 0 Å². The SMILES string of the molecule is CC(C)CCOC(C)C(=O)N1CCCC(C)(C(=O)O)C1. The molecule has 20 heavy (non-hydrogen) atoms. The van der Waals surface area contributed by atoms with Gasteiger partial charge in [-0.25, -0.2) is 0 Å². The molecule has 1 aliphatic heterocycles. The molecule has 1 N–H and O–H groups in total. The second-order valence-electron chi connectivity index (χ2n) is 6.42. The van der Waals surface area contributed by atoms with Crippen LogP contribution in [0, 0.1) is 11.3 Å². The number of carboxylic acids is 1. The molecule has 0 aromatic heterocycles. The molecular weight excluding hydrogens is 258 g/mol. The third kappa shape index (κ3) is 4.47. The van der Waals surface area contributed by atoms with Crippen molar-refractivity contribution < 1.29 is 19.4 Å². The van der Waals surface area contributed by atoms with Gasteiger partial charge in [0, 0.05) is 19.7 Å². The zero-order valence-corrected chi connectivity index (χ0v) is 13.0. The normalized spacial score (nSPS) is 24.8. The highest BCUT2D eigenvalue weighted by atomic mass is 16.5. The van der Waals surface area contributed by atoms with Crippen molar-refractivity contribution in [1.29, 1.82) is 0 Å². The van der Waals surface area contributed by atoms with Crippen LogP contribution in [0.2, 0.25) is 0 Å². The van der Waals surface area contributed by atoms with E-state index in [9.17, 15) is 14.7 Å². The third-order valence-electron chi connectivity index (χ3n) is 3.94. The van der Waals surface area contributed by atoms with Crippen LogP contribution in [0.25, 0.3) is 0 Å². The molecule has 0 bridgehead atoms. The number of nitrogens with zero attached hydrogens (tertiary/aromatic N) is 1. The largest absolute Gasteiger partial charge is 0.481 e. The van der Waals surface area contributed by atoms with Crippen molar-refractivity contribution >= 4 is 11.9 Å². The van der Waals surface area contributed by atoms with E-state index in [4.69, 9.17) is 4.74 Å². The number of amides is 1. The zero-order chi connectivity index (χ0) is 15.3. The quantitative estimate of drug-likeness (QED) is 0.812. The summed E-state index contributed by atoms with van der Waals surface area (Å²) in [7, 11) is 0. The van der Waals surface area contributed by atoms with Crippen LogP contribution >= 0.6 is 0 Å². The minimum absolute atomic E-state index is 0.0964. The Bertz CT molecular complexity index is 356. The number of rotatable bonds is 6. The van der Waals surface area contributed by atoms with Gasteiger partial charge in [0.15, 0.2) is 0 Å². The van der Waals surface area contributed by atoms with E-state index in [1.807, 2.05) is 0 Å². The molecule has 1 aliphatic rings. The molecule has 5 nitrogen and oxygen atoms in total. The predicted octanol–water partition coefficient (Wildman–Crippen LogP) is 2.15. The molecule has 0 saturated carbocycles. The number of carbonyl (C=O) groups excluding carboxylic acids is 1. The Morgan fingerprint density at radius 1 is 1.35 bits per heavy atom. The highest BCUT2D eigenvalue weighted by molar-refractivity contribution is 5.82. The molecule has 5 heteroatoms. The summed E-state index contributed by atoms with van der Waals surface area (Å²) in [6.07, 6.45) is 1.77. The minimum Gasteiger partial charge on any atom is -0.481 e. The smallest absolute Gasteiger partial charge is 0.311 e. The summed E-state index contributed by atoms with van der Waals surface area (Å²) >= 11 is 0. The van der Waals surface area contributed by atoms with Gasteiger partial charge in [-0.15, -0.1) is 0 Å². The van der Waals surface area contributed by atoms with Crippen molar-refractivity contribution in [2.45, 2.75) is 53.1 Å². The maximum atomic E-state index is 12.3. The first-order chi connectivity index (χ1) is 9.26. The number of likely N-dealkylation sites (tertiary alicyclic amines) is 1. The van der Waals surface area contributed by atoms with E-state index in [0.717, 1.165) is 12.8 Å². The van der Waals surface area contributed by atoms with E-state index < -0.39 is 17.5 Å². The van der Waals surface area contributed by atoms with Gasteiger partial charge in [-0.05, 0) is 39.0 Å². The van der Waals surface area contributed by atoms with Gasteiger partial charge in [0.25, 0.3) is 5.91 Å². The van der Waals surface area contributed by atoms with Gasteiger partial charge in [-0.3, -0.25) is 9.59 Å². The van der Waals surface area contributed by atoms with E-state index in [0.29, 0.717) is 25.5 Å². The van der Waals surface area contributed by atoms with Crippen LogP contribution in [-0.4, -0.2) is 47.7 Å². The number of carbonyl (C=O) groups is 2. The molecule has 0 aromatic carbocycles. The molecule has 0 spiro atoms. The average Bonchev–Trinajstić information content (AvgIpc) is 2.37. The molecule has 1 heterocycles. The Kier molecular flexibility index (Phi) is 5.99. The van der Waals surface area contributed by atoms with Crippen molar-refractivity contribution in [2.75, 3.05) is 19.7 Å². The van der Waals surface area contributed by atoms with Crippen molar-refractivity contribution in [1.82, 2.24) is 4.90 Å². The molecule has 1 saturated heterocycles. The van der Waals surface area contributed by atoms with Crippen molar-refractivity contribution in [3.63, 3.8) is 0 Å². The average molecular weight is 285 g/mol. The van der Waals surface area contributed by atoms with Crippen LogP contribution in [0.3, 0.4) is 0 Å². The molecule has 1 rings (SSSR count). The first-order valence-electron chi connectivity index (χ1n) is 7.40. The second-order valence-corrected chi connectivity index (χ2v) is 6.42. The van der Waals surface area contributed by atoms with E-state index in [-0.39, 0.29) is 12.5 Å². The number of carboxylic acid groups (broad SMARTS) is 1. The fraction of sp³-hybridized carbons (Fsp3) is 0.867. The Morgan fingerprint density at radius 2 is 2.00 bits per heavy atom. The molecule has 2 atom stereocenters. The fourth-order valence-electron chi connectivity index (χ4n) is 2.41. The van der Waals surface area contributed by atoms with E-state index in [1.165, 1.54) is 0 Å². The lowest BCUT2D eigenvalue weighted by atomic mass is 9.82. The van der Waals surface area contributed by atoms with Crippen LogP contribution in [0.1, 0.15) is 47.0 Å². The Hall–Kier alpha value is -1.10. The summed E-state index contributed by atoms with van der Waals surface area (Å²) in [5.41, 5.74) is -0.828. The standard InChI is InChI=1S/C15H27NO4/c1-11(2)6-9-20-12(3)13(17)16-8-5-7-15(4,10-16)14(18)19/h11-12H,5-10H2,1-4H3,(H,18,19). The van der Waals surface area contributed by atoms with Crippen LogP contribution in [0.15, 0.2) is 0 Å². The molecule has 116 valence electrons. The lowest BCUT2D eigenvalue weighted by molar-refractivity contribution is -0.156. The molecular formula is C15H27NO4. The van der Waals surface area contributed by atoms with Gasteiger partial charge in [-0.1, -0.05) is 13.8 Å². The molecule has 0 aromatic rings. The summed E-state index contributed by atoms with van der Waals surface area (Å²) in [5.74, 6) is -0.382. The summed E-state index contributed by atoms with van der Waals surface area (Å²) in [4.78, 5) is 25.2. The van der Waals surface area contributed by atoms with Crippen LogP contribution in [0.4, 0.5) is 0 Å². The molecule has 1 fully saturated rings. The Morgan fingerprint density at radius 3 is 2.55 bits per heavy atom. The van der Waals surface area contributed by atoms with Gasteiger partial charge < -0.3 is 14.7 Å². The van der Waals surface area contributed by atoms with Crippen molar-refractivity contribution in [2.24, 2.45) is 11.3 Å². The summed E-state index contributed by atoms with van der Waals surface area (Å²) in [6.45, 7) is 9.14. The summed E-state index contributed by atoms with van der Waals surface area (Å²) in [6, 6.07) is 0. The lowest BCUT2D eigenvalue weighted by Crippen LogP contribution is -2.51. The van der Waals surface area contributed by atoms with Crippen LogP contribution < -0.4 is 0 Å². The van der Waals surface area contributed by atoms with E-state index in [1.54, 1.807) is 18.7 Å². The van der Waals surface area contributed by atoms with Crippen LogP contribution in [-0.2, 0) is 14.3 Å². The number of ether oxygens (including phenoxy) is 1. The second kappa shape index (κ2) is 7.07. The van der Waals surface area contributed by atoms with Gasteiger partial charge >= 0.3 is 5.97 Å². The molecule has 0 radical (unpaired) electrons. The molecule has 0 aliphatic carbocycles. The number of aliphatic carboxylic acids is 1. The zero-order valence-electron chi connectivity index (χ0n) is 13.0. The number of piperidine rings is 1. The topological polar surface area (TPSA) is 66.8 Å². The number of hydrogen-bond donors (Lipinski definition) is 1. The van der Waals surface area contributed by atoms with Gasteiger partial charge in [0.05, 0.1) is 5.41 Å². The molecule has 2 unspecified atom stereocenters. The monoisotopic (exact) mass is 285 g/mol. The fourth-order valence-corrected chi connectivity index (χ4v) is 2.41. The maximum absolute atomic E-state index is 12.3. The lowest BCUT2D eigenvalue weighted by Gasteiger charge is -2.38. The van der Waals surface area contributed by atoms with Gasteiger partial charge in [-0.2, -0.15) is 0 Å². The Balaban J connectivity index is 2.52. The third-order valence-corrected chi connectivity index (χ3v) is 3.94. The first-order valence-corrected chi connectivity index (χ1v) is 7.40. The van der Waals surface area contributed by atoms with Crippen molar-refractivity contribution in [3.05, 3.63) is 0 Å². The van der Waals surface area contributed by atoms with E-state index >= 15 is 0 Å².